The molecule has 1 aromatic carbocycles. The van der Waals surface area contributed by atoms with Crippen LogP contribution < -0.4 is 51.4 Å². The Labute approximate surface area is 137 Å². The van der Waals surface area contributed by atoms with Crippen LogP contribution in [0, 0.1) is 6.92 Å². The van der Waals surface area contributed by atoms with E-state index in [0.717, 1.165) is 11.1 Å². The fraction of sp³-hybridized carbons (Fsp3) is 0.400. The second-order valence-corrected chi connectivity index (χ2v) is 3.83. The summed E-state index contributed by atoms with van der Waals surface area (Å²) in [4.78, 5) is 1.29. The summed E-state index contributed by atoms with van der Waals surface area (Å²) in [5.74, 6) is 0. The van der Waals surface area contributed by atoms with Gasteiger partial charge in [-0.25, -0.2) is 0 Å². The van der Waals surface area contributed by atoms with Crippen molar-refractivity contribution in [2.24, 2.45) is 0 Å². The van der Waals surface area contributed by atoms with Gasteiger partial charge in [-0.3, -0.25) is 0 Å². The fourth-order valence-electron chi connectivity index (χ4n) is 1.50. The van der Waals surface area contributed by atoms with E-state index in [1.807, 2.05) is 31.2 Å². The molecule has 84 valence electrons. The number of halogens is 3. The molecule has 0 N–H and O–H groups in total. The van der Waals surface area contributed by atoms with Crippen molar-refractivity contribution in [1.29, 1.82) is 0 Å². The Bertz CT molecular complexity index is 330. The average molecular weight is 255 g/mol. The topological polar surface area (TPSA) is 3.24 Å². The number of benzene rings is 1. The van der Waals surface area contributed by atoms with Crippen molar-refractivity contribution in [3.63, 3.8) is 0 Å². The van der Waals surface area contributed by atoms with Crippen LogP contribution >= 0.6 is 0 Å². The van der Waals surface area contributed by atoms with E-state index in [4.69, 9.17) is 0 Å². The predicted molar refractivity (Wildman–Crippen MR) is 56.6 cm³/mol. The Hall–Kier alpha value is 0.671. The minimum atomic E-state index is -4.73. The summed E-state index contributed by atoms with van der Waals surface area (Å²) in [5.41, 5.74) is 1.97. The Morgan fingerprint density at radius 3 is 2.25 bits per heavy atom. The molecule has 0 saturated carbocycles. The predicted octanol–water partition coefficient (Wildman–Crippen LogP) is -0.183. The SMILES string of the molecule is Cc1ccccc1CN(C)C[B-](F)(F)F.[K+]. The van der Waals surface area contributed by atoms with Crippen LogP contribution in [0.4, 0.5) is 12.9 Å². The van der Waals surface area contributed by atoms with Crippen LogP contribution in [0.1, 0.15) is 11.1 Å². The molecule has 6 heteroatoms. The van der Waals surface area contributed by atoms with Crippen molar-refractivity contribution in [3.05, 3.63) is 35.4 Å². The molecule has 0 fully saturated rings. The van der Waals surface area contributed by atoms with Gasteiger partial charge in [-0.2, -0.15) is 0 Å². The first kappa shape index (κ1) is 16.7. The first-order valence-electron chi connectivity index (χ1n) is 4.82. The van der Waals surface area contributed by atoms with E-state index in [9.17, 15) is 12.9 Å². The van der Waals surface area contributed by atoms with Crippen molar-refractivity contribution in [2.45, 2.75) is 13.5 Å². The molecule has 0 unspecified atom stereocenters. The van der Waals surface area contributed by atoms with Gasteiger partial charge in [0.2, 0.25) is 0 Å². The van der Waals surface area contributed by atoms with Gasteiger partial charge in [-0.1, -0.05) is 24.3 Å². The quantitative estimate of drug-likeness (QED) is 0.674. The molecule has 0 aromatic heterocycles. The Balaban J connectivity index is 0.00000225. The summed E-state index contributed by atoms with van der Waals surface area (Å²) in [6.45, 7) is -2.48. The monoisotopic (exact) mass is 255 g/mol. The molecular formula is C10H14BF3KN. The van der Waals surface area contributed by atoms with Gasteiger partial charge in [0.1, 0.15) is 0 Å². The molecule has 0 spiro atoms. The van der Waals surface area contributed by atoms with Gasteiger partial charge in [0.05, 0.1) is 0 Å². The summed E-state index contributed by atoms with van der Waals surface area (Å²) < 4.78 is 36.4. The minimum Gasteiger partial charge on any atom is -0.448 e. The van der Waals surface area contributed by atoms with Crippen LogP contribution in [-0.4, -0.2) is 25.4 Å². The number of nitrogens with zero attached hydrogens (tertiary/aromatic N) is 1. The molecule has 0 aliphatic carbocycles. The molecule has 0 amide bonds. The van der Waals surface area contributed by atoms with Crippen LogP contribution in [0.25, 0.3) is 0 Å². The Morgan fingerprint density at radius 2 is 1.75 bits per heavy atom. The van der Waals surface area contributed by atoms with E-state index in [-0.39, 0.29) is 51.4 Å². The summed E-state index contributed by atoms with van der Waals surface area (Å²) >= 11 is 0. The van der Waals surface area contributed by atoms with Crippen molar-refractivity contribution in [3.8, 4) is 0 Å². The Kier molecular flexibility index (Phi) is 7.48. The van der Waals surface area contributed by atoms with E-state index in [0.29, 0.717) is 6.54 Å². The molecular weight excluding hydrogens is 241 g/mol. The second kappa shape index (κ2) is 7.18. The average Bonchev–Trinajstić information content (AvgIpc) is 2.05. The smallest absolute Gasteiger partial charge is 0.448 e. The van der Waals surface area contributed by atoms with Gasteiger partial charge < -0.3 is 17.8 Å². The minimum absolute atomic E-state index is 0. The molecule has 0 bridgehead atoms. The summed E-state index contributed by atoms with van der Waals surface area (Å²) in [5, 5.41) is 0. The molecule has 0 saturated heterocycles. The van der Waals surface area contributed by atoms with Gasteiger partial charge >= 0.3 is 58.4 Å². The third-order valence-electron chi connectivity index (χ3n) is 2.22. The van der Waals surface area contributed by atoms with Crippen LogP contribution in [0.2, 0.25) is 0 Å². The molecule has 16 heavy (non-hydrogen) atoms. The van der Waals surface area contributed by atoms with Gasteiger partial charge in [-0.05, 0) is 31.5 Å². The molecule has 1 nitrogen and oxygen atoms in total. The van der Waals surface area contributed by atoms with E-state index in [1.165, 1.54) is 11.9 Å². The number of hydrogen-bond acceptors (Lipinski definition) is 1. The van der Waals surface area contributed by atoms with Crippen molar-refractivity contribution >= 4 is 6.98 Å². The van der Waals surface area contributed by atoms with Crippen molar-refractivity contribution < 1.29 is 64.3 Å². The van der Waals surface area contributed by atoms with Crippen LogP contribution in [0.15, 0.2) is 24.3 Å². The zero-order valence-corrected chi connectivity index (χ0v) is 13.0. The van der Waals surface area contributed by atoms with Crippen LogP contribution in [0.5, 0.6) is 0 Å². The molecule has 0 aliphatic rings. The number of aryl methyl sites for hydroxylation is 1. The molecule has 0 aliphatic heterocycles. The van der Waals surface area contributed by atoms with Gasteiger partial charge in [0, 0.05) is 6.54 Å². The first-order valence-corrected chi connectivity index (χ1v) is 4.82. The van der Waals surface area contributed by atoms with E-state index < -0.39 is 13.4 Å². The van der Waals surface area contributed by atoms with Crippen molar-refractivity contribution in [1.82, 2.24) is 4.90 Å². The van der Waals surface area contributed by atoms with Gasteiger partial charge in [-0.15, -0.1) is 0 Å². The van der Waals surface area contributed by atoms with E-state index in [2.05, 4.69) is 0 Å². The third-order valence-corrected chi connectivity index (χ3v) is 2.22. The third kappa shape index (κ3) is 6.42. The molecule has 0 atom stereocenters. The number of rotatable bonds is 4. The standard InChI is InChI=1S/C10H14BF3N.K/c1-9-5-3-4-6-10(9)7-15(2)8-11(12,13)14;/h3-6H,7-8H2,1-2H3;/q-1;+1. The van der Waals surface area contributed by atoms with Gasteiger partial charge in [0.25, 0.3) is 0 Å². The molecule has 1 rings (SSSR count). The summed E-state index contributed by atoms with van der Waals surface area (Å²) in [7, 11) is 1.49. The maximum Gasteiger partial charge on any atom is 1.00 e. The molecule has 1 aromatic rings. The molecule has 0 radical (unpaired) electrons. The number of hydrogen-bond donors (Lipinski definition) is 0. The zero-order valence-electron chi connectivity index (χ0n) is 9.88. The fourth-order valence-corrected chi connectivity index (χ4v) is 1.50. The van der Waals surface area contributed by atoms with E-state index >= 15 is 0 Å². The van der Waals surface area contributed by atoms with Gasteiger partial charge in [0.15, 0.2) is 0 Å². The molecule has 0 heterocycles. The largest absolute Gasteiger partial charge is 1.00 e. The maximum absolute atomic E-state index is 12.1. The normalized spacial score (nSPS) is 11.4. The summed E-state index contributed by atoms with van der Waals surface area (Å²) in [6.07, 6.45) is -0.811. The maximum atomic E-state index is 12.1. The summed E-state index contributed by atoms with van der Waals surface area (Å²) in [6, 6.07) is 7.48. The van der Waals surface area contributed by atoms with Crippen LogP contribution in [-0.2, 0) is 6.54 Å². The van der Waals surface area contributed by atoms with E-state index in [1.54, 1.807) is 0 Å². The van der Waals surface area contributed by atoms with Crippen LogP contribution in [0.3, 0.4) is 0 Å². The zero-order chi connectivity index (χ0) is 11.5. The Morgan fingerprint density at radius 1 is 1.19 bits per heavy atom. The van der Waals surface area contributed by atoms with Crippen molar-refractivity contribution in [2.75, 3.05) is 13.5 Å². The first-order chi connectivity index (χ1) is 6.88. The second-order valence-electron chi connectivity index (χ2n) is 3.83.